The van der Waals surface area contributed by atoms with Crippen molar-refractivity contribution in [1.29, 1.82) is 0 Å². The summed E-state index contributed by atoms with van der Waals surface area (Å²) in [6.45, 7) is 1.06. The van der Waals surface area contributed by atoms with Crippen molar-refractivity contribution in [3.8, 4) is 0 Å². The molecule has 1 aromatic heterocycles. The van der Waals surface area contributed by atoms with Gasteiger partial charge in [0.1, 0.15) is 12.2 Å². The fourth-order valence-electron chi connectivity index (χ4n) is 5.61. The van der Waals surface area contributed by atoms with E-state index in [0.29, 0.717) is 11.8 Å². The first-order valence-corrected chi connectivity index (χ1v) is 9.12. The van der Waals surface area contributed by atoms with E-state index in [4.69, 9.17) is 0 Å². The van der Waals surface area contributed by atoms with Gasteiger partial charge < -0.3 is 5.32 Å². The highest BCUT2D eigenvalue weighted by Crippen LogP contribution is 2.53. The molecule has 142 valence electrons. The normalized spacial score (nSPS) is 32.2. The van der Waals surface area contributed by atoms with Gasteiger partial charge in [0.15, 0.2) is 0 Å². The first-order chi connectivity index (χ1) is 12.3. The van der Waals surface area contributed by atoms with Gasteiger partial charge in [-0.25, -0.2) is 8.78 Å². The molecule has 0 radical (unpaired) electrons. The number of nitrogens with zero attached hydrogens (tertiary/aromatic N) is 3. The topological polar surface area (TPSA) is 90.1 Å². The molecule has 1 amide bonds. The Morgan fingerprint density at radius 3 is 2.31 bits per heavy atom. The molecule has 0 spiro atoms. The number of aromatic nitrogens is 2. The maximum atomic E-state index is 13.0. The maximum Gasteiger partial charge on any atom is 0.319 e. The number of amides is 1. The van der Waals surface area contributed by atoms with E-state index in [1.165, 1.54) is 13.3 Å². The van der Waals surface area contributed by atoms with Gasteiger partial charge in [-0.05, 0) is 62.7 Å². The molecular formula is C17H22F2N4O3. The van der Waals surface area contributed by atoms with Crippen LogP contribution in [0.4, 0.5) is 14.5 Å². The molecule has 4 saturated carbocycles. The zero-order chi connectivity index (χ0) is 18.6. The van der Waals surface area contributed by atoms with Crippen LogP contribution in [0.15, 0.2) is 0 Å². The Kier molecular flexibility index (Phi) is 4.19. The highest BCUT2D eigenvalue weighted by molar-refractivity contribution is 5.76. The lowest BCUT2D eigenvalue weighted by Crippen LogP contribution is -2.56. The van der Waals surface area contributed by atoms with E-state index in [2.05, 4.69) is 10.4 Å². The largest absolute Gasteiger partial charge is 0.351 e. The Morgan fingerprint density at radius 1 is 1.27 bits per heavy atom. The molecule has 1 N–H and O–H groups in total. The summed E-state index contributed by atoms with van der Waals surface area (Å²) in [5, 5.41) is 17.7. The smallest absolute Gasteiger partial charge is 0.319 e. The third kappa shape index (κ3) is 2.87. The Hall–Kier alpha value is -2.06. The van der Waals surface area contributed by atoms with E-state index in [1.807, 2.05) is 0 Å². The molecule has 0 atom stereocenters. The van der Waals surface area contributed by atoms with Crippen molar-refractivity contribution in [1.82, 2.24) is 15.1 Å². The van der Waals surface area contributed by atoms with Gasteiger partial charge in [-0.1, -0.05) is 0 Å². The van der Waals surface area contributed by atoms with E-state index in [9.17, 15) is 23.7 Å². The van der Waals surface area contributed by atoms with E-state index >= 15 is 0 Å². The highest BCUT2D eigenvalue weighted by atomic mass is 19.3. The Morgan fingerprint density at radius 2 is 1.85 bits per heavy atom. The van der Waals surface area contributed by atoms with Crippen LogP contribution in [-0.2, 0) is 11.3 Å². The molecule has 9 heteroatoms. The van der Waals surface area contributed by atoms with E-state index < -0.39 is 22.7 Å². The van der Waals surface area contributed by atoms with Crippen LogP contribution in [0, 0.1) is 40.7 Å². The quantitative estimate of drug-likeness (QED) is 0.639. The molecule has 1 heterocycles. The first kappa shape index (κ1) is 17.4. The number of carbonyl (C=O) groups is 1. The molecule has 7 nitrogen and oxygen atoms in total. The Bertz CT molecular complexity index is 721. The Labute approximate surface area is 149 Å². The molecule has 4 fully saturated rings. The lowest BCUT2D eigenvalue weighted by molar-refractivity contribution is -0.386. The van der Waals surface area contributed by atoms with Crippen molar-refractivity contribution < 1.29 is 18.5 Å². The summed E-state index contributed by atoms with van der Waals surface area (Å²) < 4.78 is 27.0. The Balaban J connectivity index is 1.47. The third-order valence-corrected chi connectivity index (χ3v) is 6.44. The van der Waals surface area contributed by atoms with Crippen molar-refractivity contribution >= 4 is 11.6 Å². The summed E-state index contributed by atoms with van der Waals surface area (Å²) in [5.41, 5.74) is -1.61. The minimum absolute atomic E-state index is 0.0227. The zero-order valence-corrected chi connectivity index (χ0v) is 14.5. The third-order valence-electron chi connectivity index (χ3n) is 6.44. The molecule has 4 aliphatic rings. The summed E-state index contributed by atoms with van der Waals surface area (Å²) in [4.78, 5) is 22.7. The molecule has 4 aliphatic carbocycles. The fraction of sp³-hybridized carbons (Fsp3) is 0.765. The zero-order valence-electron chi connectivity index (χ0n) is 14.5. The van der Waals surface area contributed by atoms with Crippen LogP contribution in [0.5, 0.6) is 0 Å². The maximum absolute atomic E-state index is 13.0. The summed E-state index contributed by atoms with van der Waals surface area (Å²) in [5.74, 6) is 2.26. The molecule has 0 aromatic carbocycles. The van der Waals surface area contributed by atoms with Crippen LogP contribution in [0.3, 0.4) is 0 Å². The van der Waals surface area contributed by atoms with Gasteiger partial charge in [0.25, 0.3) is 6.43 Å². The van der Waals surface area contributed by atoms with Crippen LogP contribution in [0.1, 0.15) is 49.9 Å². The van der Waals surface area contributed by atoms with E-state index in [-0.39, 0.29) is 24.2 Å². The van der Waals surface area contributed by atoms with Crippen molar-refractivity contribution in [3.63, 3.8) is 0 Å². The number of rotatable bonds is 5. The molecule has 0 saturated heterocycles. The molecule has 5 rings (SSSR count). The lowest BCUT2D eigenvalue weighted by atomic mass is 9.54. The lowest BCUT2D eigenvalue weighted by Gasteiger charge is -2.54. The fourth-order valence-corrected chi connectivity index (χ4v) is 5.61. The summed E-state index contributed by atoms with van der Waals surface area (Å²) in [6, 6.07) is 0.135. The average Bonchev–Trinajstić information content (AvgIpc) is 2.87. The number of nitrogens with one attached hydrogen (secondary N) is 1. The molecule has 26 heavy (non-hydrogen) atoms. The van der Waals surface area contributed by atoms with Crippen LogP contribution >= 0.6 is 0 Å². The van der Waals surface area contributed by atoms with Gasteiger partial charge in [-0.3, -0.25) is 19.6 Å². The molecule has 1 aromatic rings. The standard InChI is InChI=1S/C17H22F2N4O3/c1-8-16(23(25)26)15(17(18)19)21-22(8)7-13(24)20-14-11-3-9-2-10(5-11)6-12(14)4-9/h9-12,14,17H,2-7H2,1H3,(H,20,24). The van der Waals surface area contributed by atoms with E-state index in [1.54, 1.807) is 0 Å². The molecular weight excluding hydrogens is 346 g/mol. The molecule has 0 aliphatic heterocycles. The number of nitro groups is 1. The average molecular weight is 368 g/mol. The number of halogens is 2. The van der Waals surface area contributed by atoms with Crippen LogP contribution in [-0.4, -0.2) is 26.7 Å². The van der Waals surface area contributed by atoms with Crippen LogP contribution < -0.4 is 5.32 Å². The van der Waals surface area contributed by atoms with Crippen molar-refractivity contribution in [2.24, 2.45) is 23.7 Å². The van der Waals surface area contributed by atoms with Gasteiger partial charge in [0, 0.05) is 6.04 Å². The number of carbonyl (C=O) groups excluding carboxylic acids is 1. The second-order valence-corrected chi connectivity index (χ2v) is 8.06. The number of hydrogen-bond donors (Lipinski definition) is 1. The minimum Gasteiger partial charge on any atom is -0.351 e. The van der Waals surface area contributed by atoms with Gasteiger partial charge >= 0.3 is 5.69 Å². The number of hydrogen-bond acceptors (Lipinski definition) is 4. The predicted octanol–water partition coefficient (Wildman–Crippen LogP) is 2.98. The van der Waals surface area contributed by atoms with Crippen molar-refractivity contribution in [2.75, 3.05) is 0 Å². The minimum atomic E-state index is -3.05. The second-order valence-electron chi connectivity index (χ2n) is 8.06. The summed E-state index contributed by atoms with van der Waals surface area (Å²) in [6.07, 6.45) is 2.88. The van der Waals surface area contributed by atoms with Crippen LogP contribution in [0.25, 0.3) is 0 Å². The van der Waals surface area contributed by atoms with Gasteiger partial charge in [-0.2, -0.15) is 5.10 Å². The first-order valence-electron chi connectivity index (χ1n) is 9.12. The SMILES string of the molecule is Cc1c([N+](=O)[O-])c(C(F)F)nn1CC(=O)NC1C2CC3CC(C2)CC1C3. The molecule has 4 bridgehead atoms. The van der Waals surface area contributed by atoms with Gasteiger partial charge in [-0.15, -0.1) is 0 Å². The van der Waals surface area contributed by atoms with Gasteiger partial charge in [0.2, 0.25) is 11.6 Å². The van der Waals surface area contributed by atoms with E-state index in [0.717, 1.165) is 42.2 Å². The summed E-state index contributed by atoms with van der Waals surface area (Å²) in [7, 11) is 0. The van der Waals surface area contributed by atoms with Gasteiger partial charge in [0.05, 0.1) is 4.92 Å². The highest BCUT2D eigenvalue weighted by Gasteiger charge is 2.48. The predicted molar refractivity (Wildman–Crippen MR) is 87.6 cm³/mol. The molecule has 0 unspecified atom stereocenters. The second kappa shape index (κ2) is 6.28. The van der Waals surface area contributed by atoms with Crippen LogP contribution in [0.2, 0.25) is 0 Å². The number of alkyl halides is 2. The van der Waals surface area contributed by atoms with Crippen molar-refractivity contribution in [3.05, 3.63) is 21.5 Å². The van der Waals surface area contributed by atoms with Crippen molar-refractivity contribution in [2.45, 2.75) is 58.0 Å². The monoisotopic (exact) mass is 368 g/mol. The summed E-state index contributed by atoms with van der Waals surface area (Å²) >= 11 is 0.